The van der Waals surface area contributed by atoms with E-state index in [1.54, 1.807) is 21.6 Å². The smallest absolute Gasteiger partial charge is 0.257 e. The highest BCUT2D eigenvalue weighted by atomic mass is 19.1. The number of alkyl halides is 1. The Balaban J connectivity index is 1.37. The molecular formula is C24H30F2N6O2. The highest BCUT2D eigenvalue weighted by Gasteiger charge is 2.40. The fourth-order valence-corrected chi connectivity index (χ4v) is 5.97. The molecule has 1 aliphatic carbocycles. The second kappa shape index (κ2) is 8.72. The maximum absolute atomic E-state index is 14.8. The van der Waals surface area contributed by atoms with Gasteiger partial charge in [0.25, 0.3) is 5.91 Å². The molecule has 8 nitrogen and oxygen atoms in total. The summed E-state index contributed by atoms with van der Waals surface area (Å²) in [6.45, 7) is 3.45. The van der Waals surface area contributed by atoms with Crippen molar-refractivity contribution in [2.45, 2.75) is 70.8 Å². The van der Waals surface area contributed by atoms with Crippen LogP contribution in [0.4, 0.5) is 8.78 Å². The molecule has 0 spiro atoms. The van der Waals surface area contributed by atoms with E-state index in [1.165, 1.54) is 6.07 Å². The molecule has 1 aromatic carbocycles. The van der Waals surface area contributed by atoms with Crippen LogP contribution in [0.25, 0.3) is 0 Å². The number of aromatic nitrogens is 3. The van der Waals surface area contributed by atoms with E-state index in [0.717, 1.165) is 31.2 Å². The lowest BCUT2D eigenvalue weighted by Gasteiger charge is -2.41. The number of carbonyl (C=O) groups excluding carboxylic acids is 2. The number of hydrazine groups is 1. The van der Waals surface area contributed by atoms with Gasteiger partial charge in [-0.3, -0.25) is 15.0 Å². The molecule has 10 heteroatoms. The number of hydrogen-bond acceptors (Lipinski definition) is 5. The van der Waals surface area contributed by atoms with Gasteiger partial charge in [-0.1, -0.05) is 18.9 Å². The van der Waals surface area contributed by atoms with Crippen molar-refractivity contribution in [1.29, 1.82) is 0 Å². The summed E-state index contributed by atoms with van der Waals surface area (Å²) in [5.41, 5.74) is 6.15. The van der Waals surface area contributed by atoms with E-state index in [9.17, 15) is 18.4 Å². The zero-order valence-corrected chi connectivity index (χ0v) is 19.5. The highest BCUT2D eigenvalue weighted by molar-refractivity contribution is 5.94. The SMILES string of the molecule is CC1(C)CN(C(=O)c2cc(CC3NNC(=O)C4CCCCC34)ccc2F)Cc2nnc(CF)n21. The summed E-state index contributed by atoms with van der Waals surface area (Å²) in [6, 6.07) is 4.68. The van der Waals surface area contributed by atoms with Crippen molar-refractivity contribution in [3.63, 3.8) is 0 Å². The Bertz CT molecular complexity index is 1120. The predicted octanol–water partition coefficient (Wildman–Crippen LogP) is 2.63. The third kappa shape index (κ3) is 3.97. The Hall–Kier alpha value is -2.88. The molecule has 2 amide bonds. The number of fused-ring (bicyclic) bond motifs is 2. The number of benzene rings is 1. The molecule has 1 aromatic heterocycles. The molecular weight excluding hydrogens is 442 g/mol. The van der Waals surface area contributed by atoms with Crippen LogP contribution >= 0.6 is 0 Å². The molecule has 1 saturated carbocycles. The maximum atomic E-state index is 14.8. The van der Waals surface area contributed by atoms with E-state index < -0.39 is 23.9 Å². The second-order valence-corrected chi connectivity index (χ2v) is 10.3. The molecule has 5 rings (SSSR count). The fourth-order valence-electron chi connectivity index (χ4n) is 5.97. The van der Waals surface area contributed by atoms with Gasteiger partial charge in [0.2, 0.25) is 5.91 Å². The quantitative estimate of drug-likeness (QED) is 0.714. The highest BCUT2D eigenvalue weighted by Crippen LogP contribution is 2.35. The van der Waals surface area contributed by atoms with Crippen LogP contribution in [0.15, 0.2) is 18.2 Å². The van der Waals surface area contributed by atoms with Crippen LogP contribution in [-0.4, -0.2) is 44.1 Å². The van der Waals surface area contributed by atoms with Gasteiger partial charge < -0.3 is 9.47 Å². The zero-order chi connectivity index (χ0) is 24.0. The van der Waals surface area contributed by atoms with Crippen LogP contribution in [0.1, 0.15) is 67.1 Å². The first-order valence-corrected chi connectivity index (χ1v) is 11.9. The zero-order valence-electron chi connectivity index (χ0n) is 19.5. The minimum absolute atomic E-state index is 0.00342. The van der Waals surface area contributed by atoms with Gasteiger partial charge in [-0.25, -0.2) is 14.2 Å². The standard InChI is InChI=1S/C24H30F2N6O2/c1-24(2)13-31(12-21-29-28-20(11-25)32(21)24)23(34)17-9-14(7-8-18(17)26)10-19-15-5-3-4-6-16(15)22(33)30-27-19/h7-9,15-16,19,27H,3-6,10-13H2,1-2H3,(H,30,33). The third-order valence-corrected chi connectivity index (χ3v) is 7.49. The van der Waals surface area contributed by atoms with Crippen molar-refractivity contribution in [2.75, 3.05) is 6.54 Å². The molecule has 2 aliphatic heterocycles. The summed E-state index contributed by atoms with van der Waals surface area (Å²) in [6.07, 6.45) is 4.61. The molecule has 0 bridgehead atoms. The Morgan fingerprint density at radius 2 is 2.03 bits per heavy atom. The largest absolute Gasteiger partial charge is 0.329 e. The average Bonchev–Trinajstić information content (AvgIpc) is 3.26. The van der Waals surface area contributed by atoms with Crippen molar-refractivity contribution in [3.8, 4) is 0 Å². The van der Waals surface area contributed by atoms with E-state index in [0.29, 0.717) is 12.2 Å². The summed E-state index contributed by atoms with van der Waals surface area (Å²) < 4.78 is 29.9. The van der Waals surface area contributed by atoms with E-state index in [-0.39, 0.29) is 48.3 Å². The molecule has 2 fully saturated rings. The summed E-state index contributed by atoms with van der Waals surface area (Å²) in [5, 5.41) is 7.96. The van der Waals surface area contributed by atoms with E-state index in [2.05, 4.69) is 21.0 Å². The first-order valence-electron chi connectivity index (χ1n) is 11.9. The molecule has 3 heterocycles. The molecule has 2 aromatic rings. The van der Waals surface area contributed by atoms with Crippen molar-refractivity contribution >= 4 is 11.8 Å². The van der Waals surface area contributed by atoms with Crippen LogP contribution in [0.2, 0.25) is 0 Å². The summed E-state index contributed by atoms with van der Waals surface area (Å²) in [7, 11) is 0. The molecule has 3 atom stereocenters. The Morgan fingerprint density at radius 3 is 2.82 bits per heavy atom. The molecule has 182 valence electrons. The van der Waals surface area contributed by atoms with Crippen LogP contribution in [0.3, 0.4) is 0 Å². The molecule has 2 N–H and O–H groups in total. The summed E-state index contributed by atoms with van der Waals surface area (Å²) in [5.74, 6) is -0.0122. The van der Waals surface area contributed by atoms with Gasteiger partial charge in [0, 0.05) is 18.5 Å². The second-order valence-electron chi connectivity index (χ2n) is 10.3. The number of carbonyl (C=O) groups is 2. The number of halogens is 2. The van der Waals surface area contributed by atoms with Gasteiger partial charge in [-0.15, -0.1) is 10.2 Å². The van der Waals surface area contributed by atoms with Crippen LogP contribution in [0.5, 0.6) is 0 Å². The Morgan fingerprint density at radius 1 is 1.24 bits per heavy atom. The van der Waals surface area contributed by atoms with Gasteiger partial charge in [0.05, 0.1) is 17.6 Å². The van der Waals surface area contributed by atoms with Gasteiger partial charge >= 0.3 is 0 Å². The van der Waals surface area contributed by atoms with Gasteiger partial charge in [-0.2, -0.15) is 0 Å². The lowest BCUT2D eigenvalue weighted by molar-refractivity contribution is -0.133. The third-order valence-electron chi connectivity index (χ3n) is 7.49. The van der Waals surface area contributed by atoms with Crippen molar-refractivity contribution in [1.82, 2.24) is 30.5 Å². The number of hydrogen-bond donors (Lipinski definition) is 2. The lowest BCUT2D eigenvalue weighted by Crippen LogP contribution is -2.60. The minimum Gasteiger partial charge on any atom is -0.329 e. The van der Waals surface area contributed by atoms with Crippen LogP contribution < -0.4 is 10.9 Å². The van der Waals surface area contributed by atoms with Gasteiger partial charge in [0.1, 0.15) is 12.5 Å². The molecule has 1 saturated heterocycles. The Kier molecular flexibility index (Phi) is 5.87. The molecule has 3 unspecified atom stereocenters. The molecule has 0 radical (unpaired) electrons. The van der Waals surface area contributed by atoms with Gasteiger partial charge in [0.15, 0.2) is 11.6 Å². The number of rotatable bonds is 4. The topological polar surface area (TPSA) is 92.2 Å². The predicted molar refractivity (Wildman–Crippen MR) is 120 cm³/mol. The van der Waals surface area contributed by atoms with Crippen molar-refractivity contribution in [2.24, 2.45) is 11.8 Å². The number of nitrogens with zero attached hydrogens (tertiary/aromatic N) is 4. The first kappa shape index (κ1) is 22.9. The normalized spacial score (nSPS) is 25.9. The fraction of sp³-hybridized carbons (Fsp3) is 0.583. The first-order chi connectivity index (χ1) is 16.3. The maximum Gasteiger partial charge on any atom is 0.257 e. The van der Waals surface area contributed by atoms with E-state index >= 15 is 0 Å². The monoisotopic (exact) mass is 472 g/mol. The number of amides is 2. The minimum atomic E-state index is -0.738. The lowest BCUT2D eigenvalue weighted by atomic mass is 9.72. The Labute approximate surface area is 197 Å². The summed E-state index contributed by atoms with van der Waals surface area (Å²) >= 11 is 0. The summed E-state index contributed by atoms with van der Waals surface area (Å²) in [4.78, 5) is 27.2. The van der Waals surface area contributed by atoms with Crippen LogP contribution in [0, 0.1) is 17.7 Å². The molecule has 3 aliphatic rings. The number of nitrogens with one attached hydrogen (secondary N) is 2. The van der Waals surface area contributed by atoms with E-state index in [4.69, 9.17) is 0 Å². The molecule has 34 heavy (non-hydrogen) atoms. The van der Waals surface area contributed by atoms with Crippen LogP contribution in [-0.2, 0) is 30.0 Å². The average molecular weight is 473 g/mol. The van der Waals surface area contributed by atoms with Crippen molar-refractivity contribution < 1.29 is 18.4 Å². The van der Waals surface area contributed by atoms with E-state index in [1.807, 2.05) is 13.8 Å². The van der Waals surface area contributed by atoms with Crippen molar-refractivity contribution in [3.05, 3.63) is 46.8 Å². The van der Waals surface area contributed by atoms with Gasteiger partial charge in [-0.05, 0) is 56.7 Å².